The second kappa shape index (κ2) is 13.3. The standard InChI is InChI=1S/C18H18N8O6S3.C5H10O2/c1-25-18(22-9(27)3-20-25)35-5-7-4-33-15-11(14(29)26(15)12(7)16(30)31)23-13(28)10(24-32-2)8-6-34-17(19)21-8;1-5(2,3)4(6)7/h3,6,11,15H,4-5H2,1-2H3,(H2,19,21)(H,23,28)(H,30,31);1-3H3,(H,6,7)/b24-10-;/t11-,15-;/m1./s1. The summed E-state index contributed by atoms with van der Waals surface area (Å²) in [6.07, 6.45) is 1.08. The molecule has 0 spiro atoms. The molecule has 2 aliphatic heterocycles. The Labute approximate surface area is 251 Å². The van der Waals surface area contributed by atoms with Gasteiger partial charge in [-0.1, -0.05) is 16.9 Å². The molecule has 226 valence electrons. The van der Waals surface area contributed by atoms with Gasteiger partial charge in [0.15, 0.2) is 16.0 Å². The van der Waals surface area contributed by atoms with Gasteiger partial charge in [0.05, 0.1) is 5.41 Å². The van der Waals surface area contributed by atoms with Crippen LogP contribution in [-0.4, -0.2) is 94.4 Å². The van der Waals surface area contributed by atoms with Crippen LogP contribution < -0.4 is 16.6 Å². The zero-order valence-electron chi connectivity index (χ0n) is 23.1. The monoisotopic (exact) mass is 640 g/mol. The molecule has 0 aliphatic carbocycles. The number of thiazole rings is 1. The van der Waals surface area contributed by atoms with Crippen LogP contribution in [0.1, 0.15) is 26.5 Å². The molecule has 0 aromatic carbocycles. The summed E-state index contributed by atoms with van der Waals surface area (Å²) >= 11 is 3.56. The lowest BCUT2D eigenvalue weighted by Gasteiger charge is -2.49. The van der Waals surface area contributed by atoms with Crippen LogP contribution in [0.5, 0.6) is 0 Å². The minimum absolute atomic E-state index is 0.149. The third kappa shape index (κ3) is 7.45. The van der Waals surface area contributed by atoms with E-state index >= 15 is 0 Å². The summed E-state index contributed by atoms with van der Waals surface area (Å²) in [7, 11) is 2.87. The number of oxime groups is 1. The molecule has 0 unspecified atom stereocenters. The minimum atomic E-state index is -1.27. The van der Waals surface area contributed by atoms with E-state index in [1.54, 1.807) is 27.8 Å². The Balaban J connectivity index is 0.000000616. The second-order valence-electron chi connectivity index (χ2n) is 9.66. The zero-order chi connectivity index (χ0) is 31.4. The largest absolute Gasteiger partial charge is 0.481 e. The average Bonchev–Trinajstić information content (AvgIpc) is 3.35. The molecule has 0 saturated carbocycles. The molecule has 2 aromatic heterocycles. The quantitative estimate of drug-likeness (QED) is 0.131. The number of hydrogen-bond acceptors (Lipinski definition) is 14. The van der Waals surface area contributed by atoms with E-state index in [9.17, 15) is 29.1 Å². The predicted octanol–water partition coefficient (Wildman–Crippen LogP) is 0.213. The number of aromatic nitrogens is 4. The lowest BCUT2D eigenvalue weighted by Crippen LogP contribution is -2.71. The van der Waals surface area contributed by atoms with Crippen molar-refractivity contribution in [3.63, 3.8) is 0 Å². The number of thioether (sulfide) groups is 2. The van der Waals surface area contributed by atoms with Crippen molar-refractivity contribution in [2.24, 2.45) is 17.6 Å². The number of nitrogens with one attached hydrogen (secondary N) is 1. The SMILES string of the molecule is CC(C)(C)C(=O)O.CO/N=C(\C(=O)N[C@@H]1C(=O)N2C(C(=O)O)=C(CSc3nc(=O)cnn3C)CS[C@H]12)c1csc(N)n1. The fraction of sp³-hybridized carbons (Fsp3) is 0.435. The first-order valence-electron chi connectivity index (χ1n) is 12.0. The van der Waals surface area contributed by atoms with Crippen LogP contribution in [0.15, 0.2) is 38.0 Å². The Morgan fingerprint density at radius 1 is 1.26 bits per heavy atom. The number of amides is 2. The maximum absolute atomic E-state index is 12.9. The summed E-state index contributed by atoms with van der Waals surface area (Å²) in [5, 5.41) is 29.7. The third-order valence-corrected chi connectivity index (χ3v) is 8.66. The molecular weight excluding hydrogens is 613 g/mol. The van der Waals surface area contributed by atoms with Crippen molar-refractivity contribution in [3.8, 4) is 0 Å². The molecule has 2 aliphatic rings. The summed E-state index contributed by atoms with van der Waals surface area (Å²) < 4.78 is 1.40. The van der Waals surface area contributed by atoms with Crippen LogP contribution >= 0.6 is 34.9 Å². The molecule has 42 heavy (non-hydrogen) atoms. The first-order valence-corrected chi connectivity index (χ1v) is 14.9. The highest BCUT2D eigenvalue weighted by Crippen LogP contribution is 2.41. The van der Waals surface area contributed by atoms with Crippen molar-refractivity contribution in [2.75, 3.05) is 24.3 Å². The fourth-order valence-electron chi connectivity index (χ4n) is 3.35. The summed E-state index contributed by atoms with van der Waals surface area (Å²) in [6, 6.07) is -0.963. The van der Waals surface area contributed by atoms with Crippen LogP contribution in [0, 0.1) is 5.41 Å². The molecule has 2 aromatic rings. The van der Waals surface area contributed by atoms with Crippen molar-refractivity contribution < 1.29 is 34.2 Å². The number of carboxylic acids is 2. The van der Waals surface area contributed by atoms with Gasteiger partial charge in [0, 0.05) is 23.9 Å². The number of rotatable bonds is 8. The molecule has 5 N–H and O–H groups in total. The maximum atomic E-state index is 12.9. The van der Waals surface area contributed by atoms with E-state index in [0.29, 0.717) is 16.5 Å². The topological polar surface area (TPSA) is 232 Å². The Kier molecular flexibility index (Phi) is 10.3. The van der Waals surface area contributed by atoms with Gasteiger partial charge < -0.3 is 26.1 Å². The van der Waals surface area contributed by atoms with Gasteiger partial charge in [-0.3, -0.25) is 24.1 Å². The maximum Gasteiger partial charge on any atom is 0.352 e. The number of β-lactam (4-membered cyclic amide) rings is 1. The number of anilines is 1. The van der Waals surface area contributed by atoms with Gasteiger partial charge in [-0.15, -0.1) is 23.1 Å². The van der Waals surface area contributed by atoms with Crippen LogP contribution in [0.2, 0.25) is 0 Å². The summed E-state index contributed by atoms with van der Waals surface area (Å²) in [4.78, 5) is 73.0. The number of aliphatic carboxylic acids is 2. The molecular formula is C23H28N8O8S3. The first-order chi connectivity index (χ1) is 19.6. The van der Waals surface area contributed by atoms with Crippen LogP contribution in [0.3, 0.4) is 0 Å². The van der Waals surface area contributed by atoms with E-state index in [1.807, 2.05) is 0 Å². The average molecular weight is 641 g/mol. The van der Waals surface area contributed by atoms with Crippen molar-refractivity contribution in [1.82, 2.24) is 30.0 Å². The second-order valence-corrected chi connectivity index (χ2v) is 12.6. The molecule has 2 amide bonds. The summed E-state index contributed by atoms with van der Waals surface area (Å²) in [5.74, 6) is -2.82. The molecule has 0 bridgehead atoms. The van der Waals surface area contributed by atoms with Gasteiger partial charge in [0.25, 0.3) is 17.4 Å². The first kappa shape index (κ1) is 32.5. The number of fused-ring (bicyclic) bond motifs is 1. The van der Waals surface area contributed by atoms with Crippen LogP contribution in [0.25, 0.3) is 0 Å². The Morgan fingerprint density at radius 2 is 1.93 bits per heavy atom. The van der Waals surface area contributed by atoms with E-state index in [-0.39, 0.29) is 28.0 Å². The van der Waals surface area contributed by atoms with Gasteiger partial charge in [-0.25, -0.2) is 14.5 Å². The highest BCUT2D eigenvalue weighted by molar-refractivity contribution is 8.01. The highest BCUT2D eigenvalue weighted by atomic mass is 32.2. The number of hydrogen-bond donors (Lipinski definition) is 4. The number of carbonyl (C=O) groups excluding carboxylic acids is 2. The minimum Gasteiger partial charge on any atom is -0.481 e. The molecule has 2 atom stereocenters. The Morgan fingerprint density at radius 3 is 2.48 bits per heavy atom. The van der Waals surface area contributed by atoms with E-state index < -0.39 is 46.1 Å². The van der Waals surface area contributed by atoms with Gasteiger partial charge in [0.1, 0.15) is 36.1 Å². The lowest BCUT2D eigenvalue weighted by molar-refractivity contribution is -0.150. The Hall–Kier alpha value is -3.97. The summed E-state index contributed by atoms with van der Waals surface area (Å²) in [6.45, 7) is 4.99. The van der Waals surface area contributed by atoms with Gasteiger partial charge in [0.2, 0.25) is 0 Å². The zero-order valence-corrected chi connectivity index (χ0v) is 25.5. The van der Waals surface area contributed by atoms with Crippen molar-refractivity contribution in [3.05, 3.63) is 38.9 Å². The number of carbonyl (C=O) groups is 4. The molecule has 4 heterocycles. The van der Waals surface area contributed by atoms with Crippen LogP contribution in [-0.2, 0) is 31.1 Å². The number of nitrogens with two attached hydrogens (primary N) is 1. The van der Waals surface area contributed by atoms with E-state index in [2.05, 4.69) is 25.5 Å². The van der Waals surface area contributed by atoms with Crippen molar-refractivity contribution in [2.45, 2.75) is 37.3 Å². The molecule has 4 rings (SSSR count). The molecule has 1 saturated heterocycles. The third-order valence-electron chi connectivity index (χ3n) is 5.54. The van der Waals surface area contributed by atoms with E-state index in [1.165, 1.54) is 28.9 Å². The van der Waals surface area contributed by atoms with Gasteiger partial charge in [-0.2, -0.15) is 10.1 Å². The number of carboxylic acid groups (broad SMARTS) is 2. The number of nitrogens with zero attached hydrogens (tertiary/aromatic N) is 6. The molecule has 0 radical (unpaired) electrons. The van der Waals surface area contributed by atoms with Gasteiger partial charge in [-0.05, 0) is 26.3 Å². The number of aryl methyl sites for hydroxylation is 1. The van der Waals surface area contributed by atoms with Crippen molar-refractivity contribution >= 4 is 69.5 Å². The van der Waals surface area contributed by atoms with Crippen molar-refractivity contribution in [1.29, 1.82) is 0 Å². The highest BCUT2D eigenvalue weighted by Gasteiger charge is 2.54. The van der Waals surface area contributed by atoms with Crippen LogP contribution in [0.4, 0.5) is 5.13 Å². The normalized spacial score (nSPS) is 18.4. The van der Waals surface area contributed by atoms with E-state index in [0.717, 1.165) is 34.2 Å². The smallest absolute Gasteiger partial charge is 0.352 e. The lowest BCUT2D eigenvalue weighted by atomic mass is 9.98. The summed E-state index contributed by atoms with van der Waals surface area (Å²) in [5.41, 5.74) is 4.90. The van der Waals surface area contributed by atoms with E-state index in [4.69, 9.17) is 15.7 Å². The fourth-order valence-corrected chi connectivity index (χ4v) is 6.31. The predicted molar refractivity (Wildman–Crippen MR) is 155 cm³/mol. The molecule has 1 fully saturated rings. The molecule has 19 heteroatoms. The van der Waals surface area contributed by atoms with Gasteiger partial charge >= 0.3 is 11.9 Å². The Bertz CT molecular complexity index is 1510. The number of nitrogen functional groups attached to an aromatic ring is 1. The molecule has 16 nitrogen and oxygen atoms in total.